The van der Waals surface area contributed by atoms with Gasteiger partial charge in [-0.25, -0.2) is 4.79 Å². The number of thioether (sulfide) groups is 2. The number of hydrogen-bond donors (Lipinski definition) is 2. The molecule has 1 fully saturated rings. The molecule has 1 amide bonds. The maximum atomic E-state index is 11.3. The highest BCUT2D eigenvalue weighted by Gasteiger charge is 2.17. The standard InChI is InChI=1S/C15H21N3O3S2/c1-10(2)17-15(19)21-18-13(16)9-20-12-5-3-11(4-6-12)14-22-7-8-23-14/h3-6,10,14H,7-9H2,1-2H3,(H2,16,18)(H,17,19). The summed E-state index contributed by atoms with van der Waals surface area (Å²) in [6.07, 6.45) is -0.640. The van der Waals surface area contributed by atoms with Crippen LogP contribution in [0.2, 0.25) is 0 Å². The molecule has 0 aromatic heterocycles. The minimum atomic E-state index is -0.640. The maximum Gasteiger partial charge on any atom is 0.433 e. The molecule has 1 aliphatic heterocycles. The Labute approximate surface area is 144 Å². The number of amidine groups is 1. The van der Waals surface area contributed by atoms with Crippen LogP contribution in [-0.2, 0) is 4.84 Å². The zero-order valence-corrected chi connectivity index (χ0v) is 14.8. The van der Waals surface area contributed by atoms with E-state index in [0.717, 1.165) is 0 Å². The predicted octanol–water partition coefficient (Wildman–Crippen LogP) is 2.95. The molecule has 0 spiro atoms. The molecule has 0 radical (unpaired) electrons. The Morgan fingerprint density at radius 2 is 2.00 bits per heavy atom. The van der Waals surface area contributed by atoms with Crippen LogP contribution in [0.5, 0.6) is 5.75 Å². The molecule has 2 rings (SSSR count). The molecule has 3 N–H and O–H groups in total. The van der Waals surface area contributed by atoms with Crippen LogP contribution in [0.15, 0.2) is 29.4 Å². The molecule has 8 heteroatoms. The van der Waals surface area contributed by atoms with Crippen molar-refractivity contribution in [2.45, 2.75) is 24.5 Å². The summed E-state index contributed by atoms with van der Waals surface area (Å²) in [6, 6.07) is 7.92. The number of benzene rings is 1. The van der Waals surface area contributed by atoms with Crippen LogP contribution >= 0.6 is 23.5 Å². The molecule has 1 aromatic carbocycles. The highest BCUT2D eigenvalue weighted by Crippen LogP contribution is 2.45. The molecule has 0 unspecified atom stereocenters. The Morgan fingerprint density at radius 3 is 2.61 bits per heavy atom. The van der Waals surface area contributed by atoms with Gasteiger partial charge in [-0.2, -0.15) is 0 Å². The number of oxime groups is 1. The van der Waals surface area contributed by atoms with Gasteiger partial charge in [0.25, 0.3) is 0 Å². The third-order valence-electron chi connectivity index (χ3n) is 2.81. The van der Waals surface area contributed by atoms with Crippen LogP contribution in [0.1, 0.15) is 24.0 Å². The van der Waals surface area contributed by atoms with Crippen molar-refractivity contribution in [1.29, 1.82) is 0 Å². The zero-order chi connectivity index (χ0) is 16.7. The monoisotopic (exact) mass is 355 g/mol. The minimum Gasteiger partial charge on any atom is -0.486 e. The molecule has 0 bridgehead atoms. The lowest BCUT2D eigenvalue weighted by Gasteiger charge is -2.10. The Bertz CT molecular complexity index is 543. The molecule has 23 heavy (non-hydrogen) atoms. The Balaban J connectivity index is 1.77. The number of carbonyl (C=O) groups excluding carboxylic acids is 1. The number of rotatable bonds is 6. The molecule has 1 aromatic rings. The fourth-order valence-corrected chi connectivity index (χ4v) is 4.68. The summed E-state index contributed by atoms with van der Waals surface area (Å²) < 4.78 is 6.03. The van der Waals surface area contributed by atoms with Gasteiger partial charge in [0.05, 0.1) is 4.58 Å². The number of nitrogens with one attached hydrogen (secondary N) is 1. The van der Waals surface area contributed by atoms with Crippen LogP contribution in [0.3, 0.4) is 0 Å². The van der Waals surface area contributed by atoms with Gasteiger partial charge < -0.3 is 15.8 Å². The van der Waals surface area contributed by atoms with E-state index in [-0.39, 0.29) is 18.5 Å². The van der Waals surface area contributed by atoms with Gasteiger partial charge in [0, 0.05) is 17.5 Å². The van der Waals surface area contributed by atoms with E-state index in [0.29, 0.717) is 10.3 Å². The van der Waals surface area contributed by atoms with Crippen LogP contribution in [0, 0.1) is 0 Å². The van der Waals surface area contributed by atoms with Crippen molar-refractivity contribution in [2.24, 2.45) is 10.9 Å². The fourth-order valence-electron chi connectivity index (χ4n) is 1.82. The minimum absolute atomic E-state index is 0.0233. The van der Waals surface area contributed by atoms with Gasteiger partial charge in [-0.1, -0.05) is 17.3 Å². The summed E-state index contributed by atoms with van der Waals surface area (Å²) >= 11 is 3.92. The first-order valence-electron chi connectivity index (χ1n) is 7.30. The van der Waals surface area contributed by atoms with Gasteiger partial charge in [-0.15, -0.1) is 23.5 Å². The largest absolute Gasteiger partial charge is 0.486 e. The van der Waals surface area contributed by atoms with E-state index in [2.05, 4.69) is 27.4 Å². The van der Waals surface area contributed by atoms with Crippen molar-refractivity contribution >= 4 is 35.5 Å². The van der Waals surface area contributed by atoms with Crippen molar-refractivity contribution in [3.8, 4) is 5.75 Å². The van der Waals surface area contributed by atoms with Gasteiger partial charge in [0.1, 0.15) is 12.4 Å². The fraction of sp³-hybridized carbons (Fsp3) is 0.467. The lowest BCUT2D eigenvalue weighted by molar-refractivity contribution is 0.147. The first-order valence-corrected chi connectivity index (χ1v) is 9.40. The molecule has 0 atom stereocenters. The second kappa shape index (κ2) is 8.93. The van der Waals surface area contributed by atoms with Gasteiger partial charge in [-0.05, 0) is 31.5 Å². The maximum absolute atomic E-state index is 11.3. The van der Waals surface area contributed by atoms with E-state index < -0.39 is 6.09 Å². The molecule has 1 saturated heterocycles. The number of nitrogens with two attached hydrogens (primary N) is 1. The first-order chi connectivity index (χ1) is 11.0. The Kier molecular flexibility index (Phi) is 6.91. The number of hydrogen-bond acceptors (Lipinski definition) is 6. The van der Waals surface area contributed by atoms with Gasteiger partial charge in [0.2, 0.25) is 0 Å². The normalized spacial score (nSPS) is 15.7. The SMILES string of the molecule is CC(C)NC(=O)O/N=C(\N)COc1ccc(C2SCCS2)cc1. The van der Waals surface area contributed by atoms with E-state index in [1.54, 1.807) is 0 Å². The third-order valence-corrected chi connectivity index (χ3v) is 5.92. The van der Waals surface area contributed by atoms with Crippen molar-refractivity contribution in [3.05, 3.63) is 29.8 Å². The summed E-state index contributed by atoms with van der Waals surface area (Å²) in [5, 5.41) is 6.06. The Hall–Kier alpha value is -1.54. The van der Waals surface area contributed by atoms with Gasteiger partial charge >= 0.3 is 6.09 Å². The van der Waals surface area contributed by atoms with E-state index in [9.17, 15) is 4.79 Å². The Morgan fingerprint density at radius 1 is 1.35 bits per heavy atom. The lowest BCUT2D eigenvalue weighted by atomic mass is 10.2. The summed E-state index contributed by atoms with van der Waals surface area (Å²) in [4.78, 5) is 15.9. The van der Waals surface area contributed by atoms with Crippen LogP contribution in [0.4, 0.5) is 4.79 Å². The summed E-state index contributed by atoms with van der Waals surface area (Å²) in [5.41, 5.74) is 6.94. The third kappa shape index (κ3) is 6.23. The van der Waals surface area contributed by atoms with Gasteiger partial charge in [-0.3, -0.25) is 4.84 Å². The molecule has 6 nitrogen and oxygen atoms in total. The molecule has 126 valence electrons. The summed E-state index contributed by atoms with van der Waals surface area (Å²) in [7, 11) is 0. The van der Waals surface area contributed by atoms with E-state index in [4.69, 9.17) is 10.5 Å². The molecule has 0 saturated carbocycles. The molecular weight excluding hydrogens is 334 g/mol. The topological polar surface area (TPSA) is 85.9 Å². The van der Waals surface area contributed by atoms with E-state index in [1.807, 2.05) is 49.5 Å². The van der Waals surface area contributed by atoms with Gasteiger partial charge in [0.15, 0.2) is 5.84 Å². The lowest BCUT2D eigenvalue weighted by Crippen LogP contribution is -2.30. The average Bonchev–Trinajstić information content (AvgIpc) is 3.05. The number of carbonyl (C=O) groups is 1. The second-order valence-electron chi connectivity index (χ2n) is 5.19. The summed E-state index contributed by atoms with van der Waals surface area (Å²) in [6.45, 7) is 3.70. The van der Waals surface area contributed by atoms with E-state index in [1.165, 1.54) is 17.1 Å². The number of amides is 1. The predicted molar refractivity (Wildman–Crippen MR) is 96.0 cm³/mol. The summed E-state index contributed by atoms with van der Waals surface area (Å²) in [5.74, 6) is 3.19. The number of nitrogens with zero attached hydrogens (tertiary/aromatic N) is 1. The highest BCUT2D eigenvalue weighted by atomic mass is 32.2. The average molecular weight is 355 g/mol. The number of ether oxygens (including phenoxy) is 1. The smallest absolute Gasteiger partial charge is 0.433 e. The van der Waals surface area contributed by atoms with Crippen molar-refractivity contribution in [2.75, 3.05) is 18.1 Å². The molecule has 0 aliphatic carbocycles. The zero-order valence-electron chi connectivity index (χ0n) is 13.2. The van der Waals surface area contributed by atoms with E-state index >= 15 is 0 Å². The van der Waals surface area contributed by atoms with Crippen molar-refractivity contribution < 1.29 is 14.4 Å². The van der Waals surface area contributed by atoms with Crippen molar-refractivity contribution in [3.63, 3.8) is 0 Å². The van der Waals surface area contributed by atoms with Crippen LogP contribution in [-0.4, -0.2) is 36.1 Å². The first kappa shape index (κ1) is 17.8. The molecule has 1 aliphatic rings. The van der Waals surface area contributed by atoms with Crippen LogP contribution in [0.25, 0.3) is 0 Å². The molecule has 1 heterocycles. The second-order valence-corrected chi connectivity index (χ2v) is 7.92. The van der Waals surface area contributed by atoms with Crippen LogP contribution < -0.4 is 15.8 Å². The quantitative estimate of drug-likeness (QED) is 0.353. The molecular formula is C15H21N3O3S2. The van der Waals surface area contributed by atoms with Crippen molar-refractivity contribution in [1.82, 2.24) is 5.32 Å². The highest BCUT2D eigenvalue weighted by molar-refractivity contribution is 8.19.